The second kappa shape index (κ2) is 23.9. The molecular weight excluding hydrogens is 270 g/mol. The molecule has 0 atom stereocenters. The van der Waals surface area contributed by atoms with Gasteiger partial charge in [0.05, 0.1) is 6.61 Å². The molecule has 21 heavy (non-hydrogen) atoms. The van der Waals surface area contributed by atoms with E-state index in [0.717, 1.165) is 6.54 Å². The number of methoxy groups -OCH3 is 1. The Hall–Kier alpha value is -1.14. The van der Waals surface area contributed by atoms with E-state index in [1.807, 2.05) is 34.7 Å². The second-order valence-corrected chi connectivity index (χ2v) is 3.65. The van der Waals surface area contributed by atoms with Crippen LogP contribution >= 0.6 is 0 Å². The number of hydrogen-bond acceptors (Lipinski definition) is 4. The summed E-state index contributed by atoms with van der Waals surface area (Å²) in [5, 5.41) is 8.40. The largest absolute Gasteiger partial charge is 0.383 e. The molecule has 128 valence electrons. The molecule has 0 rings (SSSR count). The number of rotatable bonds is 10. The van der Waals surface area contributed by atoms with Crippen molar-refractivity contribution in [3.05, 3.63) is 0 Å². The molecule has 0 heterocycles. The average Bonchev–Trinajstić information content (AvgIpc) is 2.52. The lowest BCUT2D eigenvalue weighted by molar-refractivity contribution is -0.122. The molecule has 0 aliphatic rings. The highest BCUT2D eigenvalue weighted by atomic mass is 16.5. The lowest BCUT2D eigenvalue weighted by atomic mass is 10.2. The normalized spacial score (nSPS) is 8.67. The molecule has 0 spiro atoms. The van der Waals surface area contributed by atoms with E-state index < -0.39 is 0 Å². The van der Waals surface area contributed by atoms with E-state index in [2.05, 4.69) is 16.0 Å². The number of carbonyl (C=O) groups is 2. The number of ether oxygens (including phenoxy) is 1. The van der Waals surface area contributed by atoms with E-state index in [9.17, 15) is 9.59 Å². The maximum absolute atomic E-state index is 11.3. The summed E-state index contributed by atoms with van der Waals surface area (Å²) < 4.78 is 4.81. The fourth-order valence-corrected chi connectivity index (χ4v) is 1.21. The summed E-state index contributed by atoms with van der Waals surface area (Å²) in [4.78, 5) is 22.5. The van der Waals surface area contributed by atoms with Crippen molar-refractivity contribution in [1.29, 1.82) is 0 Å². The molecule has 0 saturated heterocycles. The Morgan fingerprint density at radius 1 is 0.857 bits per heavy atom. The summed E-state index contributed by atoms with van der Waals surface area (Å²) in [6.45, 7) is 10.4. The van der Waals surface area contributed by atoms with Gasteiger partial charge in [0.1, 0.15) is 0 Å². The van der Waals surface area contributed by atoms with Crippen LogP contribution in [0.25, 0.3) is 0 Å². The van der Waals surface area contributed by atoms with E-state index in [1.54, 1.807) is 7.11 Å². The highest BCUT2D eigenvalue weighted by Crippen LogP contribution is 1.94. The van der Waals surface area contributed by atoms with Gasteiger partial charge in [-0.25, -0.2) is 0 Å². The maximum atomic E-state index is 11.3. The highest BCUT2D eigenvalue weighted by Gasteiger charge is 2.04. The highest BCUT2D eigenvalue weighted by molar-refractivity contribution is 5.78. The second-order valence-electron chi connectivity index (χ2n) is 3.65. The minimum atomic E-state index is -0.0370. The summed E-state index contributed by atoms with van der Waals surface area (Å²) in [6, 6.07) is 0. The van der Waals surface area contributed by atoms with Crippen LogP contribution in [0.4, 0.5) is 0 Å². The summed E-state index contributed by atoms with van der Waals surface area (Å²) in [5.41, 5.74) is 0. The molecule has 0 saturated carbocycles. The van der Waals surface area contributed by atoms with Gasteiger partial charge in [-0.1, -0.05) is 27.7 Å². The van der Waals surface area contributed by atoms with Crippen LogP contribution in [0, 0.1) is 0 Å². The van der Waals surface area contributed by atoms with E-state index in [-0.39, 0.29) is 11.8 Å². The summed E-state index contributed by atoms with van der Waals surface area (Å²) in [7, 11) is 3.41. The van der Waals surface area contributed by atoms with Crippen molar-refractivity contribution >= 4 is 11.8 Å². The third kappa shape index (κ3) is 24.3. The Kier molecular flexibility index (Phi) is 28.3. The number of carbonyl (C=O) groups excluding carboxylic acids is 2. The monoisotopic (exact) mass is 305 g/mol. The Morgan fingerprint density at radius 3 is 1.76 bits per heavy atom. The average molecular weight is 305 g/mol. The zero-order chi connectivity index (χ0) is 16.9. The van der Waals surface area contributed by atoms with Gasteiger partial charge in [-0.3, -0.25) is 9.59 Å². The van der Waals surface area contributed by atoms with Crippen molar-refractivity contribution in [3.63, 3.8) is 0 Å². The molecule has 0 fully saturated rings. The fraction of sp³-hybridized carbons (Fsp3) is 0.867. The van der Waals surface area contributed by atoms with Crippen molar-refractivity contribution in [2.24, 2.45) is 0 Å². The zero-order valence-corrected chi connectivity index (χ0v) is 14.7. The first kappa shape index (κ1) is 24.9. The van der Waals surface area contributed by atoms with Gasteiger partial charge in [0, 0.05) is 39.6 Å². The Labute approximate surface area is 130 Å². The van der Waals surface area contributed by atoms with E-state index in [0.29, 0.717) is 39.0 Å². The van der Waals surface area contributed by atoms with Crippen LogP contribution in [-0.2, 0) is 14.3 Å². The van der Waals surface area contributed by atoms with Crippen molar-refractivity contribution in [2.75, 3.05) is 40.4 Å². The van der Waals surface area contributed by atoms with Gasteiger partial charge in [-0.2, -0.15) is 0 Å². The van der Waals surface area contributed by atoms with Crippen LogP contribution < -0.4 is 16.0 Å². The molecule has 3 N–H and O–H groups in total. The molecule has 0 bridgehead atoms. The van der Waals surface area contributed by atoms with Gasteiger partial charge in [0.2, 0.25) is 11.8 Å². The van der Waals surface area contributed by atoms with Crippen LogP contribution in [0.3, 0.4) is 0 Å². The smallest absolute Gasteiger partial charge is 0.220 e. The van der Waals surface area contributed by atoms with Crippen molar-refractivity contribution in [3.8, 4) is 0 Å². The molecule has 0 aliphatic heterocycles. The minimum absolute atomic E-state index is 0.00931. The van der Waals surface area contributed by atoms with Crippen LogP contribution in [0.1, 0.15) is 47.0 Å². The molecular formula is C15H35N3O3. The predicted octanol–water partition coefficient (Wildman–Crippen LogP) is 1.31. The lowest BCUT2D eigenvalue weighted by Crippen LogP contribution is -2.31. The van der Waals surface area contributed by atoms with Gasteiger partial charge in [-0.15, -0.1) is 0 Å². The maximum Gasteiger partial charge on any atom is 0.220 e. The fourth-order valence-electron chi connectivity index (χ4n) is 1.21. The van der Waals surface area contributed by atoms with Crippen molar-refractivity contribution < 1.29 is 14.3 Å². The van der Waals surface area contributed by atoms with Gasteiger partial charge in [-0.05, 0) is 13.5 Å². The van der Waals surface area contributed by atoms with Crippen LogP contribution in [-0.4, -0.2) is 52.2 Å². The topological polar surface area (TPSA) is 79.5 Å². The van der Waals surface area contributed by atoms with E-state index >= 15 is 0 Å². The molecule has 2 amide bonds. The first-order valence-electron chi connectivity index (χ1n) is 7.87. The standard InChI is InChI=1S/C11H23N3O3.2C2H6/c1-12-6-7-13-10(15)4-3-5-11(16)14-8-9-17-2;2*1-2/h12H,3-9H2,1-2H3,(H,13,15)(H,14,16);2*1-2H3. The van der Waals surface area contributed by atoms with Gasteiger partial charge in [0.25, 0.3) is 0 Å². The molecule has 0 aliphatic carbocycles. The Bertz CT molecular complexity index is 202. The first-order chi connectivity index (χ1) is 10.2. The Morgan fingerprint density at radius 2 is 1.33 bits per heavy atom. The van der Waals surface area contributed by atoms with Crippen LogP contribution in [0.2, 0.25) is 0 Å². The zero-order valence-electron chi connectivity index (χ0n) is 14.7. The Balaban J connectivity index is -0.000000739. The third-order valence-corrected chi connectivity index (χ3v) is 2.13. The summed E-state index contributed by atoms with van der Waals surface area (Å²) >= 11 is 0. The van der Waals surface area contributed by atoms with Gasteiger partial charge < -0.3 is 20.7 Å². The molecule has 6 heteroatoms. The summed E-state index contributed by atoms with van der Waals surface area (Å²) in [5.74, 6) is -0.0463. The quantitative estimate of drug-likeness (QED) is 0.532. The molecule has 6 nitrogen and oxygen atoms in total. The van der Waals surface area contributed by atoms with Crippen molar-refractivity contribution in [2.45, 2.75) is 47.0 Å². The van der Waals surface area contributed by atoms with E-state index in [4.69, 9.17) is 4.74 Å². The van der Waals surface area contributed by atoms with Gasteiger partial charge >= 0.3 is 0 Å². The first-order valence-corrected chi connectivity index (χ1v) is 7.87. The number of hydrogen-bond donors (Lipinski definition) is 3. The molecule has 0 aromatic heterocycles. The molecule has 0 aromatic carbocycles. The SMILES string of the molecule is CC.CC.CNCCNC(=O)CCCC(=O)NCCOC. The van der Waals surface area contributed by atoms with Crippen molar-refractivity contribution in [1.82, 2.24) is 16.0 Å². The minimum Gasteiger partial charge on any atom is -0.383 e. The molecule has 0 unspecified atom stereocenters. The number of amides is 2. The molecule has 0 aromatic rings. The predicted molar refractivity (Wildman–Crippen MR) is 88.4 cm³/mol. The van der Waals surface area contributed by atoms with Crippen LogP contribution in [0.5, 0.6) is 0 Å². The third-order valence-electron chi connectivity index (χ3n) is 2.13. The van der Waals surface area contributed by atoms with Crippen LogP contribution in [0.15, 0.2) is 0 Å². The number of nitrogens with one attached hydrogen (secondary N) is 3. The molecule has 0 radical (unpaired) electrons. The van der Waals surface area contributed by atoms with Gasteiger partial charge in [0.15, 0.2) is 0 Å². The summed E-state index contributed by atoms with van der Waals surface area (Å²) in [6.07, 6.45) is 1.34. The lowest BCUT2D eigenvalue weighted by Gasteiger charge is -2.05. The van der Waals surface area contributed by atoms with E-state index in [1.165, 1.54) is 0 Å². The number of likely N-dealkylation sites (N-methyl/N-ethyl adjacent to an activating group) is 1.